The lowest BCUT2D eigenvalue weighted by Gasteiger charge is -2.40. The SMILES string of the molecule is COc1ccc(-c2cc(C(N)=O)c3[nH]c4cc(C(=O)N5CCC(N6CCOCC6)CC5)ccc4c3c2)cc1F. The fraction of sp³-hybridized carbons (Fsp3) is 0.333. The maximum Gasteiger partial charge on any atom is 0.253 e. The standard InChI is InChI=1S/C30H31FN4O4/c1-38-27-5-3-18(16-25(27)31)20-14-23-22-4-2-19(17-26(22)33-28(23)24(15-20)29(32)36)30(37)35-8-6-21(7-9-35)34-10-12-39-13-11-34/h2-5,14-17,21,33H,6-13H2,1H3,(H2,32,36). The average molecular weight is 531 g/mol. The second-order valence-electron chi connectivity index (χ2n) is 10.2. The highest BCUT2D eigenvalue weighted by Crippen LogP contribution is 2.34. The molecular formula is C30H31FN4O4. The van der Waals surface area contributed by atoms with Crippen LogP contribution in [0, 0.1) is 5.82 Å². The van der Waals surface area contributed by atoms with E-state index in [1.165, 1.54) is 13.2 Å². The lowest BCUT2D eigenvalue weighted by atomic mass is 9.98. The third kappa shape index (κ3) is 4.72. The number of nitrogens with one attached hydrogen (secondary N) is 1. The van der Waals surface area contributed by atoms with Gasteiger partial charge in [-0.2, -0.15) is 0 Å². The molecule has 0 bridgehead atoms. The van der Waals surface area contributed by atoms with Gasteiger partial charge in [-0.1, -0.05) is 12.1 Å². The number of nitrogens with zero attached hydrogens (tertiary/aromatic N) is 2. The van der Waals surface area contributed by atoms with Crippen LogP contribution >= 0.6 is 0 Å². The number of fused-ring (bicyclic) bond motifs is 3. The largest absolute Gasteiger partial charge is 0.494 e. The van der Waals surface area contributed by atoms with Gasteiger partial charge >= 0.3 is 0 Å². The van der Waals surface area contributed by atoms with Crippen LogP contribution in [-0.2, 0) is 4.74 Å². The van der Waals surface area contributed by atoms with Crippen LogP contribution in [0.25, 0.3) is 32.9 Å². The van der Waals surface area contributed by atoms with Crippen molar-refractivity contribution in [2.24, 2.45) is 5.73 Å². The molecule has 2 fully saturated rings. The number of hydrogen-bond donors (Lipinski definition) is 2. The monoisotopic (exact) mass is 530 g/mol. The maximum atomic E-state index is 14.4. The van der Waals surface area contributed by atoms with Gasteiger partial charge in [0.1, 0.15) is 0 Å². The predicted octanol–water partition coefficient (Wildman–Crippen LogP) is 4.17. The number of benzene rings is 3. The van der Waals surface area contributed by atoms with Crippen LogP contribution in [0.2, 0.25) is 0 Å². The number of H-pyrrole nitrogens is 1. The van der Waals surface area contributed by atoms with E-state index in [0.29, 0.717) is 33.8 Å². The summed E-state index contributed by atoms with van der Waals surface area (Å²) in [7, 11) is 1.41. The number of amides is 2. The molecule has 3 N–H and O–H groups in total. The molecule has 0 unspecified atom stereocenters. The molecule has 2 amide bonds. The molecule has 9 heteroatoms. The molecule has 0 radical (unpaired) electrons. The van der Waals surface area contributed by atoms with Crippen LogP contribution in [0.4, 0.5) is 4.39 Å². The molecule has 2 aliphatic rings. The van der Waals surface area contributed by atoms with E-state index in [4.69, 9.17) is 15.2 Å². The fourth-order valence-corrected chi connectivity index (χ4v) is 5.91. The number of likely N-dealkylation sites (tertiary alicyclic amines) is 1. The number of halogens is 1. The van der Waals surface area contributed by atoms with Crippen molar-refractivity contribution in [1.29, 1.82) is 0 Å². The highest BCUT2D eigenvalue weighted by atomic mass is 19.1. The number of ether oxygens (including phenoxy) is 2. The predicted molar refractivity (Wildman–Crippen MR) is 148 cm³/mol. The molecule has 2 aliphatic heterocycles. The van der Waals surface area contributed by atoms with Crippen molar-refractivity contribution in [1.82, 2.24) is 14.8 Å². The number of aromatic nitrogens is 1. The Bertz CT molecular complexity index is 1570. The number of methoxy groups -OCH3 is 1. The molecule has 4 aromatic rings. The summed E-state index contributed by atoms with van der Waals surface area (Å²) in [6, 6.07) is 14.3. The van der Waals surface area contributed by atoms with Gasteiger partial charge in [0, 0.05) is 54.1 Å². The summed E-state index contributed by atoms with van der Waals surface area (Å²) in [5, 5.41) is 1.63. The summed E-state index contributed by atoms with van der Waals surface area (Å²) >= 11 is 0. The number of nitrogens with two attached hydrogens (primary N) is 1. The molecule has 0 aliphatic carbocycles. The van der Waals surface area contributed by atoms with Crippen molar-refractivity contribution < 1.29 is 23.5 Å². The summed E-state index contributed by atoms with van der Waals surface area (Å²) in [5.74, 6) is -0.946. The minimum Gasteiger partial charge on any atom is -0.494 e. The number of aromatic amines is 1. The molecule has 1 aromatic heterocycles. The highest BCUT2D eigenvalue weighted by molar-refractivity contribution is 6.17. The van der Waals surface area contributed by atoms with Crippen molar-refractivity contribution in [2.75, 3.05) is 46.5 Å². The normalized spacial score (nSPS) is 17.1. The number of carbonyl (C=O) groups is 2. The Kier molecular flexibility index (Phi) is 6.70. The molecule has 0 atom stereocenters. The minimum atomic E-state index is -0.596. The van der Waals surface area contributed by atoms with E-state index >= 15 is 0 Å². The van der Waals surface area contributed by atoms with Crippen LogP contribution in [0.5, 0.6) is 5.75 Å². The average Bonchev–Trinajstić information content (AvgIpc) is 3.34. The van der Waals surface area contributed by atoms with Crippen LogP contribution < -0.4 is 10.5 Å². The number of piperidine rings is 1. The van der Waals surface area contributed by atoms with E-state index in [-0.39, 0.29) is 11.7 Å². The minimum absolute atomic E-state index is 0.000468. The topological polar surface area (TPSA) is 101 Å². The van der Waals surface area contributed by atoms with Crippen molar-refractivity contribution in [3.05, 3.63) is 65.5 Å². The quantitative estimate of drug-likeness (QED) is 0.403. The van der Waals surface area contributed by atoms with Crippen molar-refractivity contribution in [3.8, 4) is 16.9 Å². The van der Waals surface area contributed by atoms with Crippen molar-refractivity contribution in [3.63, 3.8) is 0 Å². The zero-order chi connectivity index (χ0) is 27.1. The number of carbonyl (C=O) groups excluding carboxylic acids is 2. The third-order valence-electron chi connectivity index (χ3n) is 8.02. The van der Waals surface area contributed by atoms with Gasteiger partial charge in [-0.15, -0.1) is 0 Å². The zero-order valence-corrected chi connectivity index (χ0v) is 21.8. The molecule has 3 heterocycles. The molecule has 2 saturated heterocycles. The zero-order valence-electron chi connectivity index (χ0n) is 21.8. The van der Waals surface area contributed by atoms with Gasteiger partial charge in [0.05, 0.1) is 31.4 Å². The molecule has 202 valence electrons. The molecule has 0 spiro atoms. The molecule has 39 heavy (non-hydrogen) atoms. The lowest BCUT2D eigenvalue weighted by Crippen LogP contribution is -2.50. The Balaban J connectivity index is 1.30. The Morgan fingerprint density at radius 3 is 2.44 bits per heavy atom. The highest BCUT2D eigenvalue weighted by Gasteiger charge is 2.28. The van der Waals surface area contributed by atoms with E-state index in [2.05, 4.69) is 9.88 Å². The van der Waals surface area contributed by atoms with E-state index in [9.17, 15) is 14.0 Å². The van der Waals surface area contributed by atoms with Gasteiger partial charge in [0.2, 0.25) is 0 Å². The Morgan fingerprint density at radius 1 is 0.974 bits per heavy atom. The first kappa shape index (κ1) is 25.3. The second kappa shape index (κ2) is 10.3. The summed E-state index contributed by atoms with van der Waals surface area (Å²) < 4.78 is 24.9. The Labute approximate surface area is 225 Å². The fourth-order valence-electron chi connectivity index (χ4n) is 5.91. The molecule has 6 rings (SSSR count). The van der Waals surface area contributed by atoms with Crippen LogP contribution in [0.3, 0.4) is 0 Å². The first-order valence-electron chi connectivity index (χ1n) is 13.3. The molecule has 8 nitrogen and oxygen atoms in total. The number of rotatable bonds is 5. The number of hydrogen-bond acceptors (Lipinski definition) is 5. The summed E-state index contributed by atoms with van der Waals surface area (Å²) in [5.41, 5.74) is 9.21. The molecular weight excluding hydrogens is 499 g/mol. The summed E-state index contributed by atoms with van der Waals surface area (Å²) in [4.78, 5) is 33.5. The van der Waals surface area contributed by atoms with Gasteiger partial charge in [0.15, 0.2) is 11.6 Å². The van der Waals surface area contributed by atoms with E-state index in [0.717, 1.165) is 68.5 Å². The van der Waals surface area contributed by atoms with Crippen LogP contribution in [-0.4, -0.2) is 79.1 Å². The third-order valence-corrected chi connectivity index (χ3v) is 8.02. The van der Waals surface area contributed by atoms with Crippen molar-refractivity contribution in [2.45, 2.75) is 18.9 Å². The van der Waals surface area contributed by atoms with Gasteiger partial charge in [0.25, 0.3) is 11.8 Å². The summed E-state index contributed by atoms with van der Waals surface area (Å²) in [6.07, 6.45) is 1.91. The first-order valence-corrected chi connectivity index (χ1v) is 13.3. The van der Waals surface area contributed by atoms with Gasteiger partial charge in [-0.3, -0.25) is 14.5 Å². The Hall–Kier alpha value is -3.95. The van der Waals surface area contributed by atoms with Gasteiger partial charge < -0.3 is 25.1 Å². The van der Waals surface area contributed by atoms with Gasteiger partial charge in [-0.25, -0.2) is 4.39 Å². The maximum absolute atomic E-state index is 14.4. The van der Waals surface area contributed by atoms with E-state index in [1.54, 1.807) is 18.2 Å². The second-order valence-corrected chi connectivity index (χ2v) is 10.2. The van der Waals surface area contributed by atoms with Gasteiger partial charge in [-0.05, 0) is 60.4 Å². The summed E-state index contributed by atoms with van der Waals surface area (Å²) in [6.45, 7) is 4.91. The van der Waals surface area contributed by atoms with Crippen LogP contribution in [0.1, 0.15) is 33.6 Å². The first-order chi connectivity index (χ1) is 18.9. The number of primary amides is 1. The van der Waals surface area contributed by atoms with Crippen LogP contribution in [0.15, 0.2) is 48.5 Å². The molecule has 0 saturated carbocycles. The van der Waals surface area contributed by atoms with E-state index < -0.39 is 11.7 Å². The Morgan fingerprint density at radius 2 is 1.74 bits per heavy atom. The number of morpholine rings is 1. The lowest BCUT2D eigenvalue weighted by molar-refractivity contribution is 0.00159. The smallest absolute Gasteiger partial charge is 0.253 e. The van der Waals surface area contributed by atoms with E-state index in [1.807, 2.05) is 29.2 Å². The van der Waals surface area contributed by atoms with Crippen molar-refractivity contribution >= 4 is 33.6 Å². The molecule has 3 aromatic carbocycles.